The molecular formula is C13H15N3. The molecule has 0 aliphatic rings. The van der Waals surface area contributed by atoms with Crippen molar-refractivity contribution < 1.29 is 0 Å². The molecule has 1 heterocycles. The molecule has 0 bridgehead atoms. The molecule has 0 spiro atoms. The van der Waals surface area contributed by atoms with Gasteiger partial charge in [0.05, 0.1) is 29.3 Å². The molecular weight excluding hydrogens is 198 g/mol. The lowest BCUT2D eigenvalue weighted by Crippen LogP contribution is -2.04. The van der Waals surface area contributed by atoms with E-state index in [9.17, 15) is 0 Å². The van der Waals surface area contributed by atoms with E-state index >= 15 is 0 Å². The SMILES string of the molecule is Cc1cc2ncn(CC(C)C#N)c2cc1C. The lowest BCUT2D eigenvalue weighted by atomic mass is 10.1. The third-order valence-corrected chi connectivity index (χ3v) is 2.93. The van der Waals surface area contributed by atoms with Gasteiger partial charge in [-0.05, 0) is 44.0 Å². The van der Waals surface area contributed by atoms with Crippen molar-refractivity contribution in [1.29, 1.82) is 5.26 Å². The van der Waals surface area contributed by atoms with Crippen molar-refractivity contribution in [3.8, 4) is 6.07 Å². The zero-order chi connectivity index (χ0) is 11.7. The second-order valence-corrected chi connectivity index (χ2v) is 4.35. The molecule has 2 rings (SSSR count). The van der Waals surface area contributed by atoms with Gasteiger partial charge in [0.1, 0.15) is 0 Å². The summed E-state index contributed by atoms with van der Waals surface area (Å²) in [6.07, 6.45) is 1.82. The van der Waals surface area contributed by atoms with Crippen molar-refractivity contribution >= 4 is 11.0 Å². The van der Waals surface area contributed by atoms with Crippen molar-refractivity contribution in [2.75, 3.05) is 0 Å². The Labute approximate surface area is 95.3 Å². The first-order chi connectivity index (χ1) is 7.61. The minimum absolute atomic E-state index is 0.0130. The van der Waals surface area contributed by atoms with Crippen molar-refractivity contribution in [3.63, 3.8) is 0 Å². The molecule has 1 aromatic heterocycles. The van der Waals surface area contributed by atoms with E-state index in [0.29, 0.717) is 6.54 Å². The van der Waals surface area contributed by atoms with Crippen LogP contribution >= 0.6 is 0 Å². The topological polar surface area (TPSA) is 41.6 Å². The Balaban J connectivity index is 2.49. The lowest BCUT2D eigenvalue weighted by molar-refractivity contribution is 0.592. The number of hydrogen-bond acceptors (Lipinski definition) is 2. The Hall–Kier alpha value is -1.82. The van der Waals surface area contributed by atoms with Gasteiger partial charge in [-0.3, -0.25) is 0 Å². The van der Waals surface area contributed by atoms with Crippen LogP contribution in [0.4, 0.5) is 0 Å². The van der Waals surface area contributed by atoms with E-state index in [4.69, 9.17) is 5.26 Å². The lowest BCUT2D eigenvalue weighted by Gasteiger charge is -2.06. The van der Waals surface area contributed by atoms with Gasteiger partial charge in [0.15, 0.2) is 0 Å². The molecule has 0 fully saturated rings. The normalized spacial score (nSPS) is 12.6. The Kier molecular flexibility index (Phi) is 2.66. The summed E-state index contributed by atoms with van der Waals surface area (Å²) in [5.74, 6) is 0.0130. The standard InChI is InChI=1S/C13H15N3/c1-9(6-14)7-16-8-15-12-4-10(2)11(3)5-13(12)16/h4-5,8-9H,7H2,1-3H3. The van der Waals surface area contributed by atoms with E-state index in [0.717, 1.165) is 11.0 Å². The quantitative estimate of drug-likeness (QED) is 0.769. The summed E-state index contributed by atoms with van der Waals surface area (Å²) in [6, 6.07) is 6.48. The van der Waals surface area contributed by atoms with Crippen LogP contribution in [0.25, 0.3) is 11.0 Å². The van der Waals surface area contributed by atoms with Gasteiger partial charge in [0.2, 0.25) is 0 Å². The highest BCUT2D eigenvalue weighted by atomic mass is 15.0. The third kappa shape index (κ3) is 1.79. The Morgan fingerprint density at radius 2 is 2.06 bits per heavy atom. The van der Waals surface area contributed by atoms with Crippen molar-refractivity contribution in [1.82, 2.24) is 9.55 Å². The first kappa shape index (κ1) is 10.7. The van der Waals surface area contributed by atoms with Gasteiger partial charge in [0.25, 0.3) is 0 Å². The van der Waals surface area contributed by atoms with E-state index in [1.807, 2.05) is 13.3 Å². The number of imidazole rings is 1. The van der Waals surface area contributed by atoms with Gasteiger partial charge in [-0.1, -0.05) is 0 Å². The van der Waals surface area contributed by atoms with Gasteiger partial charge in [-0.15, -0.1) is 0 Å². The highest BCUT2D eigenvalue weighted by molar-refractivity contribution is 5.77. The largest absolute Gasteiger partial charge is 0.329 e. The average Bonchev–Trinajstić information content (AvgIpc) is 2.62. The monoisotopic (exact) mass is 213 g/mol. The molecule has 82 valence electrons. The second-order valence-electron chi connectivity index (χ2n) is 4.35. The van der Waals surface area contributed by atoms with E-state index in [2.05, 4.69) is 41.6 Å². The summed E-state index contributed by atoms with van der Waals surface area (Å²) in [6.45, 7) is 6.81. The zero-order valence-corrected chi connectivity index (χ0v) is 9.86. The number of fused-ring (bicyclic) bond motifs is 1. The zero-order valence-electron chi connectivity index (χ0n) is 9.86. The van der Waals surface area contributed by atoms with Crippen LogP contribution in [-0.2, 0) is 6.54 Å². The molecule has 2 aromatic rings. The van der Waals surface area contributed by atoms with Crippen LogP contribution in [0.3, 0.4) is 0 Å². The molecule has 0 aliphatic heterocycles. The Morgan fingerprint density at radius 1 is 1.38 bits per heavy atom. The van der Waals surface area contributed by atoms with Gasteiger partial charge in [-0.25, -0.2) is 4.98 Å². The molecule has 1 unspecified atom stereocenters. The first-order valence-corrected chi connectivity index (χ1v) is 5.43. The van der Waals surface area contributed by atoms with E-state index in [-0.39, 0.29) is 5.92 Å². The van der Waals surface area contributed by atoms with Gasteiger partial charge in [-0.2, -0.15) is 5.26 Å². The Morgan fingerprint density at radius 3 is 2.75 bits per heavy atom. The summed E-state index contributed by atoms with van der Waals surface area (Å²) >= 11 is 0. The predicted molar refractivity (Wildman–Crippen MR) is 64.0 cm³/mol. The highest BCUT2D eigenvalue weighted by Gasteiger charge is 2.07. The number of aromatic nitrogens is 2. The molecule has 0 radical (unpaired) electrons. The molecule has 0 N–H and O–H groups in total. The summed E-state index contributed by atoms with van der Waals surface area (Å²) in [5, 5.41) is 8.82. The van der Waals surface area contributed by atoms with Gasteiger partial charge < -0.3 is 4.57 Å². The van der Waals surface area contributed by atoms with Crippen LogP contribution < -0.4 is 0 Å². The smallest absolute Gasteiger partial charge is 0.0958 e. The summed E-state index contributed by atoms with van der Waals surface area (Å²) in [7, 11) is 0. The van der Waals surface area contributed by atoms with Crippen LogP contribution in [0.15, 0.2) is 18.5 Å². The maximum atomic E-state index is 8.82. The molecule has 3 nitrogen and oxygen atoms in total. The van der Waals surface area contributed by atoms with Crippen LogP contribution in [0, 0.1) is 31.1 Å². The van der Waals surface area contributed by atoms with Crippen LogP contribution in [-0.4, -0.2) is 9.55 Å². The van der Waals surface area contributed by atoms with Crippen LogP contribution in [0.2, 0.25) is 0 Å². The number of aryl methyl sites for hydroxylation is 2. The molecule has 0 aliphatic carbocycles. The number of rotatable bonds is 2. The maximum absolute atomic E-state index is 8.82. The minimum Gasteiger partial charge on any atom is -0.329 e. The third-order valence-electron chi connectivity index (χ3n) is 2.93. The van der Waals surface area contributed by atoms with Gasteiger partial charge in [0, 0.05) is 6.54 Å². The van der Waals surface area contributed by atoms with Crippen molar-refractivity contribution in [2.45, 2.75) is 27.3 Å². The summed E-state index contributed by atoms with van der Waals surface area (Å²) < 4.78 is 2.05. The molecule has 16 heavy (non-hydrogen) atoms. The summed E-state index contributed by atoms with van der Waals surface area (Å²) in [5.41, 5.74) is 4.64. The molecule has 0 saturated heterocycles. The molecule has 0 saturated carbocycles. The maximum Gasteiger partial charge on any atom is 0.0958 e. The molecule has 1 atom stereocenters. The number of hydrogen-bond donors (Lipinski definition) is 0. The van der Waals surface area contributed by atoms with Gasteiger partial charge >= 0.3 is 0 Å². The van der Waals surface area contributed by atoms with E-state index < -0.39 is 0 Å². The first-order valence-electron chi connectivity index (χ1n) is 5.43. The molecule has 0 amide bonds. The highest BCUT2D eigenvalue weighted by Crippen LogP contribution is 2.19. The fraction of sp³-hybridized carbons (Fsp3) is 0.385. The second kappa shape index (κ2) is 3.97. The fourth-order valence-corrected chi connectivity index (χ4v) is 1.79. The minimum atomic E-state index is 0.0130. The number of nitriles is 1. The van der Waals surface area contributed by atoms with E-state index in [1.165, 1.54) is 11.1 Å². The fourth-order valence-electron chi connectivity index (χ4n) is 1.79. The molecule has 3 heteroatoms. The molecule has 1 aromatic carbocycles. The number of nitrogens with zero attached hydrogens (tertiary/aromatic N) is 3. The van der Waals surface area contributed by atoms with Crippen molar-refractivity contribution in [3.05, 3.63) is 29.6 Å². The number of benzene rings is 1. The van der Waals surface area contributed by atoms with Crippen LogP contribution in [0.1, 0.15) is 18.1 Å². The van der Waals surface area contributed by atoms with Crippen LogP contribution in [0.5, 0.6) is 0 Å². The average molecular weight is 213 g/mol. The Bertz CT molecular complexity index is 560. The van der Waals surface area contributed by atoms with E-state index in [1.54, 1.807) is 0 Å². The van der Waals surface area contributed by atoms with Crippen molar-refractivity contribution in [2.24, 2.45) is 5.92 Å². The summed E-state index contributed by atoms with van der Waals surface area (Å²) in [4.78, 5) is 4.36. The predicted octanol–water partition coefficient (Wildman–Crippen LogP) is 2.81.